The minimum atomic E-state index is -3.86. The molecule has 2 aromatic rings. The van der Waals surface area contributed by atoms with Crippen molar-refractivity contribution in [2.24, 2.45) is 5.41 Å². The Bertz CT molecular complexity index is 957. The Balaban J connectivity index is 2.09. The van der Waals surface area contributed by atoms with Gasteiger partial charge in [-0.3, -0.25) is 0 Å². The molecule has 0 heterocycles. The molecule has 0 spiro atoms. The highest BCUT2D eigenvalue weighted by Crippen LogP contribution is 2.63. The van der Waals surface area contributed by atoms with Gasteiger partial charge in [-0.1, -0.05) is 35.3 Å². The Morgan fingerprint density at radius 1 is 0.875 bits per heavy atom. The summed E-state index contributed by atoms with van der Waals surface area (Å²) >= 11 is 11.6. The first-order chi connectivity index (χ1) is 11.4. The maximum absolute atomic E-state index is 12.9. The highest BCUT2D eigenvalue weighted by atomic mass is 35.5. The number of hydrogen-bond acceptors (Lipinski definition) is 4. The van der Waals surface area contributed by atoms with Gasteiger partial charge in [0.05, 0.1) is 17.0 Å². The average Bonchev–Trinajstić information content (AvgIpc) is 3.26. The largest absolute Gasteiger partial charge is 0.223 e. The van der Waals surface area contributed by atoms with Gasteiger partial charge in [0.1, 0.15) is 5.25 Å². The van der Waals surface area contributed by atoms with Crippen molar-refractivity contribution in [1.29, 1.82) is 10.5 Å². The van der Waals surface area contributed by atoms with Crippen molar-refractivity contribution in [2.45, 2.75) is 16.1 Å². The lowest BCUT2D eigenvalue weighted by Gasteiger charge is -2.04. The third kappa shape index (κ3) is 2.46. The van der Waals surface area contributed by atoms with Crippen LogP contribution in [-0.4, -0.2) is 13.7 Å². The monoisotopic (exact) mass is 376 g/mol. The molecule has 1 fully saturated rings. The molecular weight excluding hydrogens is 367 g/mol. The fourth-order valence-corrected chi connectivity index (χ4v) is 5.40. The molecule has 0 radical (unpaired) electrons. The summed E-state index contributed by atoms with van der Waals surface area (Å²) in [6.07, 6.45) is 0. The Kier molecular flexibility index (Phi) is 4.05. The number of rotatable bonds is 3. The topological polar surface area (TPSA) is 81.7 Å². The lowest BCUT2D eigenvalue weighted by Crippen LogP contribution is -2.14. The summed E-state index contributed by atoms with van der Waals surface area (Å²) in [6, 6.07) is 16.0. The van der Waals surface area contributed by atoms with Crippen LogP contribution in [0.4, 0.5) is 0 Å². The molecule has 2 atom stereocenters. The zero-order valence-corrected chi connectivity index (χ0v) is 14.5. The zero-order chi connectivity index (χ0) is 17.5. The van der Waals surface area contributed by atoms with Crippen LogP contribution in [0.2, 0.25) is 10.0 Å². The van der Waals surface area contributed by atoms with Crippen LogP contribution < -0.4 is 0 Å². The maximum Gasteiger partial charge on any atom is 0.184 e. The summed E-state index contributed by atoms with van der Waals surface area (Å²) in [7, 11) is -3.86. The van der Waals surface area contributed by atoms with E-state index in [1.165, 1.54) is 24.3 Å². The second-order valence-corrected chi connectivity index (χ2v) is 8.48. The quantitative estimate of drug-likeness (QED) is 0.811. The van der Waals surface area contributed by atoms with Gasteiger partial charge >= 0.3 is 0 Å². The molecule has 4 nitrogen and oxygen atoms in total. The van der Waals surface area contributed by atoms with Gasteiger partial charge in [0.15, 0.2) is 15.3 Å². The van der Waals surface area contributed by atoms with Crippen molar-refractivity contribution >= 4 is 33.0 Å². The van der Waals surface area contributed by atoms with Gasteiger partial charge in [0.25, 0.3) is 0 Å². The first-order valence-corrected chi connectivity index (χ1v) is 9.24. The van der Waals surface area contributed by atoms with Gasteiger partial charge in [-0.05, 0) is 42.0 Å². The van der Waals surface area contributed by atoms with Gasteiger partial charge < -0.3 is 0 Å². The third-order valence-electron chi connectivity index (χ3n) is 4.21. The van der Waals surface area contributed by atoms with Crippen LogP contribution in [0, 0.1) is 28.1 Å². The first kappa shape index (κ1) is 16.8. The van der Waals surface area contributed by atoms with Crippen LogP contribution in [-0.2, 0) is 9.84 Å². The van der Waals surface area contributed by atoms with E-state index in [4.69, 9.17) is 23.2 Å². The normalized spacial score (nSPS) is 21.5. The smallest absolute Gasteiger partial charge is 0.184 e. The van der Waals surface area contributed by atoms with Crippen molar-refractivity contribution < 1.29 is 8.42 Å². The Hall–Kier alpha value is -2.05. The molecule has 120 valence electrons. The van der Waals surface area contributed by atoms with Gasteiger partial charge in [-0.15, -0.1) is 0 Å². The molecule has 0 unspecified atom stereocenters. The van der Waals surface area contributed by atoms with E-state index in [0.29, 0.717) is 15.6 Å². The van der Waals surface area contributed by atoms with Crippen molar-refractivity contribution in [3.05, 3.63) is 64.1 Å². The summed E-state index contributed by atoms with van der Waals surface area (Å²) in [5.74, 6) is -0.717. The molecule has 2 aromatic carbocycles. The number of halogens is 2. The summed E-state index contributed by atoms with van der Waals surface area (Å²) in [6.45, 7) is 0. The molecule has 0 aliphatic heterocycles. The maximum atomic E-state index is 12.9. The third-order valence-corrected chi connectivity index (χ3v) is 6.95. The molecule has 7 heteroatoms. The Morgan fingerprint density at radius 2 is 1.33 bits per heavy atom. The number of nitrogens with zero attached hydrogens (tertiary/aromatic N) is 2. The van der Waals surface area contributed by atoms with Crippen LogP contribution in [0.3, 0.4) is 0 Å². The number of nitriles is 2. The minimum Gasteiger partial charge on any atom is -0.223 e. The lowest BCUT2D eigenvalue weighted by atomic mass is 10.0. The van der Waals surface area contributed by atoms with E-state index in [0.717, 1.165) is 0 Å². The fraction of sp³-hybridized carbons (Fsp3) is 0.176. The predicted octanol–water partition coefficient (Wildman–Crippen LogP) is 3.97. The number of benzene rings is 2. The summed E-state index contributed by atoms with van der Waals surface area (Å²) < 4.78 is 25.8. The average molecular weight is 377 g/mol. The summed E-state index contributed by atoms with van der Waals surface area (Å²) in [4.78, 5) is 0.0447. The molecule has 24 heavy (non-hydrogen) atoms. The van der Waals surface area contributed by atoms with E-state index in [1.54, 1.807) is 24.3 Å². The molecule has 0 amide bonds. The van der Waals surface area contributed by atoms with Gasteiger partial charge in [0, 0.05) is 16.0 Å². The van der Waals surface area contributed by atoms with Crippen LogP contribution in [0.25, 0.3) is 0 Å². The van der Waals surface area contributed by atoms with Crippen LogP contribution in [0.5, 0.6) is 0 Å². The van der Waals surface area contributed by atoms with Crippen LogP contribution in [0.1, 0.15) is 11.5 Å². The van der Waals surface area contributed by atoms with Gasteiger partial charge in [-0.2, -0.15) is 10.5 Å². The van der Waals surface area contributed by atoms with Crippen molar-refractivity contribution in [2.75, 3.05) is 0 Å². The van der Waals surface area contributed by atoms with E-state index in [-0.39, 0.29) is 4.90 Å². The number of sulfone groups is 1. The van der Waals surface area contributed by atoms with E-state index >= 15 is 0 Å². The van der Waals surface area contributed by atoms with Crippen LogP contribution in [0.15, 0.2) is 53.4 Å². The van der Waals surface area contributed by atoms with E-state index in [2.05, 4.69) is 0 Å². The molecule has 3 rings (SSSR count). The van der Waals surface area contributed by atoms with E-state index < -0.39 is 26.4 Å². The van der Waals surface area contributed by atoms with Crippen molar-refractivity contribution in [3.63, 3.8) is 0 Å². The molecule has 0 N–H and O–H groups in total. The Morgan fingerprint density at radius 3 is 1.79 bits per heavy atom. The molecule has 0 bridgehead atoms. The highest BCUT2D eigenvalue weighted by Gasteiger charge is 2.73. The molecular formula is C17H10Cl2N2O2S. The molecule has 1 aliphatic carbocycles. The van der Waals surface area contributed by atoms with Gasteiger partial charge in [0.2, 0.25) is 0 Å². The van der Waals surface area contributed by atoms with Crippen molar-refractivity contribution in [3.8, 4) is 12.1 Å². The predicted molar refractivity (Wildman–Crippen MR) is 90.3 cm³/mol. The first-order valence-electron chi connectivity index (χ1n) is 6.94. The van der Waals surface area contributed by atoms with E-state index in [9.17, 15) is 18.9 Å². The van der Waals surface area contributed by atoms with E-state index in [1.807, 2.05) is 12.1 Å². The molecule has 0 aromatic heterocycles. The Labute approximate surface area is 149 Å². The molecule has 1 aliphatic rings. The second-order valence-electron chi connectivity index (χ2n) is 5.54. The molecule has 0 saturated heterocycles. The zero-order valence-electron chi connectivity index (χ0n) is 12.1. The summed E-state index contributed by atoms with van der Waals surface area (Å²) in [5, 5.41) is 18.7. The standard InChI is InChI=1S/C17H10Cl2N2O2S/c18-12-3-1-11(2-4-12)15-16(17(15,9-20)10-21)24(22,23)14-7-5-13(19)6-8-14/h1-8,15-16H/t15-,16+/m0/s1. The van der Waals surface area contributed by atoms with Gasteiger partial charge in [-0.25, -0.2) is 8.42 Å². The number of hydrogen-bond donors (Lipinski definition) is 0. The van der Waals surface area contributed by atoms with Crippen LogP contribution >= 0.6 is 23.2 Å². The second kappa shape index (κ2) is 5.79. The van der Waals surface area contributed by atoms with Crippen molar-refractivity contribution in [1.82, 2.24) is 0 Å². The highest BCUT2D eigenvalue weighted by molar-refractivity contribution is 7.92. The SMILES string of the molecule is N#CC1(C#N)[C@H](S(=O)(=O)c2ccc(Cl)cc2)[C@@H]1c1ccc(Cl)cc1. The fourth-order valence-electron chi connectivity index (χ4n) is 2.95. The molecule has 1 saturated carbocycles. The summed E-state index contributed by atoms with van der Waals surface area (Å²) in [5.41, 5.74) is -1.00. The minimum absolute atomic E-state index is 0.0447. The lowest BCUT2D eigenvalue weighted by molar-refractivity contribution is 0.591.